The molecule has 0 amide bonds. The summed E-state index contributed by atoms with van der Waals surface area (Å²) in [7, 11) is 0. The van der Waals surface area contributed by atoms with Gasteiger partial charge in [-0.3, -0.25) is 0 Å². The summed E-state index contributed by atoms with van der Waals surface area (Å²) in [6.45, 7) is 35.7. The Morgan fingerprint density at radius 2 is 0.588 bits per heavy atom. The number of aromatic amines is 2. The first kappa shape index (κ1) is 46.1. The number of H-pyrrole nitrogens is 2. The number of fused-ring (bicyclic) bond motifs is 8. The van der Waals surface area contributed by atoms with Crippen molar-refractivity contribution in [2.45, 2.75) is 105 Å². The van der Waals surface area contributed by atoms with Gasteiger partial charge >= 0.3 is 0 Å². The van der Waals surface area contributed by atoms with E-state index in [2.05, 4.69) is 240 Å². The maximum atomic E-state index is 5.74. The molecule has 342 valence electrons. The van der Waals surface area contributed by atoms with E-state index in [4.69, 9.17) is 9.97 Å². The van der Waals surface area contributed by atoms with Crippen LogP contribution in [0.25, 0.3) is 103 Å². The fourth-order valence-electron chi connectivity index (χ4n) is 9.27. The van der Waals surface area contributed by atoms with Gasteiger partial charge in [-0.1, -0.05) is 193 Å². The molecular formula is C64H66N4. The molecule has 3 aromatic heterocycles. The molecule has 7 aromatic rings. The second-order valence-corrected chi connectivity index (χ2v) is 22.8. The van der Waals surface area contributed by atoms with Crippen LogP contribution in [0.2, 0.25) is 0 Å². The fraction of sp³-hybridized carbons (Fsp3) is 0.250. The number of nitrogens with one attached hydrogen (secondary N) is 2. The van der Waals surface area contributed by atoms with E-state index in [0.29, 0.717) is 0 Å². The van der Waals surface area contributed by atoms with Crippen LogP contribution >= 0.6 is 0 Å². The Labute approximate surface area is 404 Å². The van der Waals surface area contributed by atoms with E-state index in [1.165, 1.54) is 22.3 Å². The Balaban J connectivity index is 1.50. The highest BCUT2D eigenvalue weighted by Crippen LogP contribution is 2.42. The standard InChI is InChI=1S/C64H66N4/c1-15-39-17-21-41(22-18-39)57-49-25-26-50(65-49)58(42-23-19-40(16-2)20-24-42)52-28-30-54(67-52)60(44-35-47(63(9,10)11)38-48(36-44)64(12,13)14)56-32-31-55(68-56)59(53-29-27-51(57)66-53)43-33-45(61(3,4)5)37-46(34-43)62(6,7)8/h15-38,66-67H,1-2H2,3-14H3. The van der Waals surface area contributed by atoms with Gasteiger partial charge in [0.05, 0.1) is 22.8 Å². The molecule has 0 saturated heterocycles. The van der Waals surface area contributed by atoms with Gasteiger partial charge in [0.1, 0.15) is 0 Å². The van der Waals surface area contributed by atoms with Gasteiger partial charge in [-0.05, 0) is 126 Å². The molecule has 4 heteroatoms. The summed E-state index contributed by atoms with van der Waals surface area (Å²) >= 11 is 0. The van der Waals surface area contributed by atoms with Gasteiger partial charge in [0.25, 0.3) is 0 Å². The number of aromatic nitrogens is 4. The Kier molecular flexibility index (Phi) is 11.5. The van der Waals surface area contributed by atoms with Crippen LogP contribution in [0, 0.1) is 0 Å². The topological polar surface area (TPSA) is 57.4 Å². The van der Waals surface area contributed by atoms with Crippen molar-refractivity contribution < 1.29 is 0 Å². The smallest absolute Gasteiger partial charge is 0.0737 e. The lowest BCUT2D eigenvalue weighted by molar-refractivity contribution is 0.568. The van der Waals surface area contributed by atoms with Crippen LogP contribution in [0.3, 0.4) is 0 Å². The van der Waals surface area contributed by atoms with Crippen LogP contribution in [-0.2, 0) is 21.7 Å². The lowest BCUT2D eigenvalue weighted by Crippen LogP contribution is -2.16. The van der Waals surface area contributed by atoms with E-state index < -0.39 is 0 Å². The summed E-state index contributed by atoms with van der Waals surface area (Å²) in [6, 6.07) is 40.3. The van der Waals surface area contributed by atoms with E-state index in [9.17, 15) is 0 Å². The van der Waals surface area contributed by atoms with Crippen molar-refractivity contribution in [3.63, 3.8) is 0 Å². The molecule has 4 aromatic carbocycles. The number of hydrogen-bond donors (Lipinski definition) is 2. The van der Waals surface area contributed by atoms with Crippen LogP contribution in [0.4, 0.5) is 0 Å². The molecule has 2 aliphatic heterocycles. The largest absolute Gasteiger partial charge is 0.354 e. The van der Waals surface area contributed by atoms with E-state index >= 15 is 0 Å². The molecule has 0 spiro atoms. The highest BCUT2D eigenvalue weighted by Gasteiger charge is 2.26. The minimum Gasteiger partial charge on any atom is -0.354 e. The molecule has 8 bridgehead atoms. The number of hydrogen-bond acceptors (Lipinski definition) is 2. The average molecular weight is 891 g/mol. The molecule has 2 N–H and O–H groups in total. The quantitative estimate of drug-likeness (QED) is 0.175. The second kappa shape index (κ2) is 16.9. The van der Waals surface area contributed by atoms with Crippen molar-refractivity contribution in [1.29, 1.82) is 0 Å². The summed E-state index contributed by atoms with van der Waals surface area (Å²) in [5, 5.41) is 0. The first-order valence-corrected chi connectivity index (χ1v) is 24.0. The molecule has 9 rings (SSSR count). The van der Waals surface area contributed by atoms with Crippen molar-refractivity contribution in [3.05, 3.63) is 179 Å². The molecule has 5 heterocycles. The molecule has 68 heavy (non-hydrogen) atoms. The summed E-state index contributed by atoms with van der Waals surface area (Å²) < 4.78 is 0. The molecule has 0 radical (unpaired) electrons. The third kappa shape index (κ3) is 8.93. The number of nitrogens with zero attached hydrogens (tertiary/aromatic N) is 2. The fourth-order valence-corrected chi connectivity index (χ4v) is 9.27. The van der Waals surface area contributed by atoms with Crippen molar-refractivity contribution in [2.24, 2.45) is 0 Å². The van der Waals surface area contributed by atoms with E-state index in [1.807, 2.05) is 12.2 Å². The van der Waals surface area contributed by atoms with Gasteiger partial charge in [0, 0.05) is 44.3 Å². The highest BCUT2D eigenvalue weighted by atomic mass is 14.8. The molecule has 2 aliphatic rings. The molecule has 4 nitrogen and oxygen atoms in total. The molecule has 0 aliphatic carbocycles. The van der Waals surface area contributed by atoms with E-state index in [-0.39, 0.29) is 21.7 Å². The first-order valence-electron chi connectivity index (χ1n) is 24.0. The predicted octanol–water partition coefficient (Wildman–Crippen LogP) is 17.8. The van der Waals surface area contributed by atoms with Crippen LogP contribution in [0.5, 0.6) is 0 Å². The summed E-state index contributed by atoms with van der Waals surface area (Å²) in [5.74, 6) is 0. The van der Waals surface area contributed by atoms with Crippen molar-refractivity contribution in [2.75, 3.05) is 0 Å². The zero-order valence-corrected chi connectivity index (χ0v) is 42.2. The van der Waals surface area contributed by atoms with Gasteiger partial charge in [-0.25, -0.2) is 9.97 Å². The second-order valence-electron chi connectivity index (χ2n) is 22.8. The summed E-state index contributed by atoms with van der Waals surface area (Å²) in [4.78, 5) is 19.2. The van der Waals surface area contributed by atoms with Gasteiger partial charge in [0.15, 0.2) is 0 Å². The SMILES string of the molecule is C=Cc1ccc(-c2c3nc(c(-c4ccc(C=C)cc4)c4ccc([nH]4)c(-c4cc(C(C)(C)C)cc(C(C)(C)C)c4)c4nc(c(-c5cc(C(C)(C)C)cc(C(C)(C)C)c5)c5ccc2[nH]5)C=C4)C=C3)cc1. The lowest BCUT2D eigenvalue weighted by Gasteiger charge is -2.26. The summed E-state index contributed by atoms with van der Waals surface area (Å²) in [6.07, 6.45) is 12.5. The first-order chi connectivity index (χ1) is 32.1. The third-order valence-electron chi connectivity index (χ3n) is 13.5. The highest BCUT2D eigenvalue weighted by molar-refractivity contribution is 6.00. The predicted molar refractivity (Wildman–Crippen MR) is 296 cm³/mol. The normalized spacial score (nSPS) is 13.0. The van der Waals surface area contributed by atoms with Crippen LogP contribution in [-0.4, -0.2) is 19.9 Å². The summed E-state index contributed by atoms with van der Waals surface area (Å²) in [5.41, 5.74) is 22.9. The van der Waals surface area contributed by atoms with Crippen LogP contribution < -0.4 is 0 Å². The Morgan fingerprint density at radius 1 is 0.338 bits per heavy atom. The molecule has 0 fully saturated rings. The minimum atomic E-state index is -0.0846. The van der Waals surface area contributed by atoms with E-state index in [0.717, 1.165) is 100 Å². The molecule has 0 unspecified atom stereocenters. The number of rotatable bonds is 6. The monoisotopic (exact) mass is 891 g/mol. The van der Waals surface area contributed by atoms with Crippen LogP contribution in [0.15, 0.2) is 122 Å². The zero-order chi connectivity index (χ0) is 48.5. The molecule has 0 atom stereocenters. The zero-order valence-electron chi connectivity index (χ0n) is 42.2. The Hall–Kier alpha value is -7.04. The third-order valence-corrected chi connectivity index (χ3v) is 13.5. The minimum absolute atomic E-state index is 0.0846. The lowest BCUT2D eigenvalue weighted by atomic mass is 9.78. The van der Waals surface area contributed by atoms with Crippen molar-refractivity contribution in [1.82, 2.24) is 19.9 Å². The Bertz CT molecular complexity index is 3080. The van der Waals surface area contributed by atoms with E-state index in [1.54, 1.807) is 0 Å². The maximum absolute atomic E-state index is 5.74. The van der Waals surface area contributed by atoms with Gasteiger partial charge in [-0.2, -0.15) is 0 Å². The van der Waals surface area contributed by atoms with Crippen molar-refractivity contribution in [3.8, 4) is 44.5 Å². The number of benzene rings is 4. The molecule has 0 saturated carbocycles. The maximum Gasteiger partial charge on any atom is 0.0737 e. The average Bonchev–Trinajstić information content (AvgIpc) is 4.14. The van der Waals surface area contributed by atoms with Gasteiger partial charge in [0.2, 0.25) is 0 Å². The van der Waals surface area contributed by atoms with Gasteiger partial charge in [-0.15, -0.1) is 0 Å². The Morgan fingerprint density at radius 3 is 0.824 bits per heavy atom. The van der Waals surface area contributed by atoms with Crippen LogP contribution in [0.1, 0.15) is 139 Å². The van der Waals surface area contributed by atoms with Gasteiger partial charge < -0.3 is 9.97 Å². The van der Waals surface area contributed by atoms with Crippen molar-refractivity contribution >= 4 is 58.5 Å². The molecular weight excluding hydrogens is 825 g/mol.